The number of carbonyl (C=O) groups is 1. The quantitative estimate of drug-likeness (QED) is 0.325. The zero-order valence-electron chi connectivity index (χ0n) is 17.3. The van der Waals surface area contributed by atoms with E-state index in [-0.39, 0.29) is 17.2 Å². The minimum atomic E-state index is -4.74. The number of hydrogen-bond donors (Lipinski definition) is 3. The molecule has 0 atom stereocenters. The standard InChI is InChI=1S/C21H17F4N2O6P/c1-12-8-14(22)3-5-17(12)33-18-4-2-13(21(23,24)25)9-16(18)20(29)26-15-6-7-27(19(28)10-15)11-32-34(30)31/h2-10,30-31H,11H2,1H3,(H,26,29). The van der Waals surface area contributed by atoms with Crippen molar-refractivity contribution in [3.8, 4) is 11.5 Å². The summed E-state index contributed by atoms with van der Waals surface area (Å²) in [5.41, 5.74) is -1.94. The fourth-order valence-corrected chi connectivity index (χ4v) is 3.05. The molecule has 1 heterocycles. The zero-order chi connectivity index (χ0) is 25.0. The zero-order valence-corrected chi connectivity index (χ0v) is 18.2. The molecule has 180 valence electrons. The molecule has 0 spiro atoms. The van der Waals surface area contributed by atoms with Crippen molar-refractivity contribution >= 4 is 20.2 Å². The molecule has 0 unspecified atom stereocenters. The van der Waals surface area contributed by atoms with Crippen molar-refractivity contribution in [2.75, 3.05) is 5.32 Å². The molecule has 1 amide bonds. The molecule has 0 radical (unpaired) electrons. The van der Waals surface area contributed by atoms with Crippen LogP contribution in [0.1, 0.15) is 21.5 Å². The lowest BCUT2D eigenvalue weighted by Crippen LogP contribution is -2.21. The molecule has 0 saturated carbocycles. The largest absolute Gasteiger partial charge is 0.456 e. The van der Waals surface area contributed by atoms with E-state index < -0.39 is 49.9 Å². The van der Waals surface area contributed by atoms with Gasteiger partial charge in [0, 0.05) is 18.0 Å². The Kier molecular flexibility index (Phi) is 7.68. The SMILES string of the molecule is Cc1cc(F)ccc1Oc1ccc(C(F)(F)F)cc1C(=O)Nc1ccn(COP(O)O)c(=O)c1. The lowest BCUT2D eigenvalue weighted by Gasteiger charge is -2.16. The third kappa shape index (κ3) is 6.39. The van der Waals surface area contributed by atoms with Gasteiger partial charge in [-0.25, -0.2) is 4.39 Å². The van der Waals surface area contributed by atoms with Crippen molar-refractivity contribution in [1.29, 1.82) is 0 Å². The second kappa shape index (κ2) is 10.3. The second-order valence-corrected chi connectivity index (χ2v) is 7.67. The number of halogens is 4. The first-order valence-electron chi connectivity index (χ1n) is 9.42. The summed E-state index contributed by atoms with van der Waals surface area (Å²) in [6, 6.07) is 8.08. The lowest BCUT2D eigenvalue weighted by atomic mass is 10.1. The van der Waals surface area contributed by atoms with Crippen LogP contribution in [-0.4, -0.2) is 20.3 Å². The smallest absolute Gasteiger partial charge is 0.416 e. The summed E-state index contributed by atoms with van der Waals surface area (Å²) < 4.78 is 64.2. The number of ether oxygens (including phenoxy) is 1. The van der Waals surface area contributed by atoms with Gasteiger partial charge in [-0.15, -0.1) is 0 Å². The number of aryl methyl sites for hydroxylation is 1. The molecule has 0 aliphatic rings. The first kappa shape index (κ1) is 25.3. The summed E-state index contributed by atoms with van der Waals surface area (Å²) in [7, 11) is -2.69. The Morgan fingerprint density at radius 3 is 2.41 bits per heavy atom. The molecule has 0 aliphatic heterocycles. The number of nitrogens with one attached hydrogen (secondary N) is 1. The molecular weight excluding hydrogens is 483 g/mol. The van der Waals surface area contributed by atoms with Gasteiger partial charge in [-0.3, -0.25) is 18.7 Å². The summed E-state index contributed by atoms with van der Waals surface area (Å²) in [6.45, 7) is 1.06. The van der Waals surface area contributed by atoms with Gasteiger partial charge in [-0.2, -0.15) is 13.2 Å². The van der Waals surface area contributed by atoms with Gasteiger partial charge in [0.2, 0.25) is 0 Å². The Hall–Kier alpha value is -3.31. The number of aromatic nitrogens is 1. The van der Waals surface area contributed by atoms with Gasteiger partial charge in [-0.1, -0.05) is 0 Å². The molecule has 3 rings (SSSR count). The van der Waals surface area contributed by atoms with Gasteiger partial charge in [0.15, 0.2) is 0 Å². The highest BCUT2D eigenvalue weighted by molar-refractivity contribution is 7.39. The van der Waals surface area contributed by atoms with Gasteiger partial charge >= 0.3 is 14.8 Å². The molecule has 0 aliphatic carbocycles. The van der Waals surface area contributed by atoms with Crippen molar-refractivity contribution in [3.63, 3.8) is 0 Å². The number of benzene rings is 2. The molecule has 3 N–H and O–H groups in total. The Morgan fingerprint density at radius 1 is 1.09 bits per heavy atom. The van der Waals surface area contributed by atoms with Crippen molar-refractivity contribution < 1.29 is 41.4 Å². The molecule has 13 heteroatoms. The monoisotopic (exact) mass is 500 g/mol. The summed E-state index contributed by atoms with van der Waals surface area (Å²) in [5.74, 6) is -1.62. The van der Waals surface area contributed by atoms with Crippen LogP contribution in [-0.2, 0) is 17.4 Å². The van der Waals surface area contributed by atoms with E-state index in [9.17, 15) is 27.2 Å². The maximum atomic E-state index is 13.4. The molecule has 3 aromatic rings. The van der Waals surface area contributed by atoms with Gasteiger partial charge in [0.1, 0.15) is 24.0 Å². The maximum Gasteiger partial charge on any atom is 0.416 e. The molecule has 0 bridgehead atoms. The van der Waals surface area contributed by atoms with Crippen molar-refractivity contribution in [2.24, 2.45) is 0 Å². The fourth-order valence-electron chi connectivity index (χ4n) is 2.82. The Morgan fingerprint density at radius 2 is 1.79 bits per heavy atom. The van der Waals surface area contributed by atoms with Crippen LogP contribution in [0.15, 0.2) is 59.5 Å². The Balaban J connectivity index is 1.92. The molecule has 34 heavy (non-hydrogen) atoms. The topological polar surface area (TPSA) is 110 Å². The molecule has 2 aromatic carbocycles. The minimum absolute atomic E-state index is 0.0390. The predicted octanol–water partition coefficient (Wildman–Crippen LogP) is 4.54. The third-order valence-electron chi connectivity index (χ3n) is 4.47. The van der Waals surface area contributed by atoms with E-state index in [1.54, 1.807) is 0 Å². The number of alkyl halides is 3. The van der Waals surface area contributed by atoms with Crippen molar-refractivity contribution in [2.45, 2.75) is 19.8 Å². The van der Waals surface area contributed by atoms with Crippen molar-refractivity contribution in [1.82, 2.24) is 4.57 Å². The number of rotatable bonds is 7. The number of nitrogens with zero attached hydrogens (tertiary/aromatic N) is 1. The highest BCUT2D eigenvalue weighted by Crippen LogP contribution is 2.35. The second-order valence-electron chi connectivity index (χ2n) is 6.91. The number of anilines is 1. The van der Waals surface area contributed by atoms with E-state index in [2.05, 4.69) is 9.84 Å². The van der Waals surface area contributed by atoms with E-state index in [0.717, 1.165) is 34.9 Å². The third-order valence-corrected chi connectivity index (χ3v) is 4.82. The van der Waals surface area contributed by atoms with E-state index in [0.29, 0.717) is 11.6 Å². The highest BCUT2D eigenvalue weighted by atomic mass is 31.2. The minimum Gasteiger partial charge on any atom is -0.456 e. The van der Waals surface area contributed by atoms with E-state index in [1.165, 1.54) is 25.3 Å². The van der Waals surface area contributed by atoms with Crippen LogP contribution in [0, 0.1) is 12.7 Å². The molecule has 0 saturated heterocycles. The molecular formula is C21H17F4N2O6P. The number of hydrogen-bond acceptors (Lipinski definition) is 6. The Bertz CT molecular complexity index is 1260. The number of amides is 1. The van der Waals surface area contributed by atoms with E-state index in [4.69, 9.17) is 14.5 Å². The van der Waals surface area contributed by atoms with Crippen LogP contribution < -0.4 is 15.6 Å². The average Bonchev–Trinajstić information content (AvgIpc) is 2.74. The van der Waals surface area contributed by atoms with Crippen LogP contribution in [0.3, 0.4) is 0 Å². The van der Waals surface area contributed by atoms with E-state index >= 15 is 0 Å². The summed E-state index contributed by atoms with van der Waals surface area (Å²) in [6.07, 6.45) is -3.55. The Labute approximate surface area is 191 Å². The lowest BCUT2D eigenvalue weighted by molar-refractivity contribution is -0.137. The van der Waals surface area contributed by atoms with Crippen LogP contribution in [0.5, 0.6) is 11.5 Å². The summed E-state index contributed by atoms with van der Waals surface area (Å²) >= 11 is 0. The van der Waals surface area contributed by atoms with Gasteiger partial charge in [-0.05, 0) is 55.0 Å². The van der Waals surface area contributed by atoms with Gasteiger partial charge < -0.3 is 19.8 Å². The van der Waals surface area contributed by atoms with Crippen LogP contribution in [0.25, 0.3) is 0 Å². The van der Waals surface area contributed by atoms with Gasteiger partial charge in [0.05, 0.1) is 11.1 Å². The van der Waals surface area contributed by atoms with Gasteiger partial charge in [0.25, 0.3) is 11.5 Å². The fraction of sp³-hybridized carbons (Fsp3) is 0.143. The molecule has 1 aromatic heterocycles. The van der Waals surface area contributed by atoms with Crippen LogP contribution in [0.4, 0.5) is 23.2 Å². The number of pyridine rings is 1. The first-order chi connectivity index (χ1) is 15.9. The normalized spacial score (nSPS) is 11.5. The number of carbonyl (C=O) groups excluding carboxylic acids is 1. The summed E-state index contributed by atoms with van der Waals surface area (Å²) in [5, 5.41) is 2.32. The van der Waals surface area contributed by atoms with Crippen LogP contribution in [0.2, 0.25) is 0 Å². The van der Waals surface area contributed by atoms with Crippen molar-refractivity contribution in [3.05, 3.63) is 87.6 Å². The maximum absolute atomic E-state index is 13.4. The predicted molar refractivity (Wildman–Crippen MR) is 114 cm³/mol. The van der Waals surface area contributed by atoms with E-state index in [1.807, 2.05) is 0 Å². The highest BCUT2D eigenvalue weighted by Gasteiger charge is 2.32. The molecule has 0 fully saturated rings. The summed E-state index contributed by atoms with van der Waals surface area (Å²) in [4.78, 5) is 42.5. The first-order valence-corrected chi connectivity index (χ1v) is 10.6. The van der Waals surface area contributed by atoms with Crippen LogP contribution >= 0.6 is 8.60 Å². The molecule has 8 nitrogen and oxygen atoms in total. The average molecular weight is 500 g/mol.